The molecule has 20 heavy (non-hydrogen) atoms. The number of carbonyl (C=O) groups is 2. The third-order valence-corrected chi connectivity index (χ3v) is 3.38. The highest BCUT2D eigenvalue weighted by atomic mass is 16.4. The number of hydrogen-bond acceptors (Lipinski definition) is 3. The van der Waals surface area contributed by atoms with Crippen molar-refractivity contribution in [3.05, 3.63) is 18.7 Å². The summed E-state index contributed by atoms with van der Waals surface area (Å²) in [6.45, 7) is 4.06. The highest BCUT2D eigenvalue weighted by Gasteiger charge is 2.18. The van der Waals surface area contributed by atoms with Crippen LogP contribution < -0.4 is 5.32 Å². The minimum atomic E-state index is -0.868. The molecule has 0 saturated carbocycles. The van der Waals surface area contributed by atoms with Crippen LogP contribution in [0.25, 0.3) is 0 Å². The molecule has 2 atom stereocenters. The Labute approximate surface area is 119 Å². The maximum absolute atomic E-state index is 11.9. The van der Waals surface area contributed by atoms with E-state index in [4.69, 9.17) is 5.11 Å². The Kier molecular flexibility index (Phi) is 6.76. The monoisotopic (exact) mass is 281 g/mol. The standard InChI is InChI=1S/C14H23N3O3/c1-3-5-12(17-7-6-15-10-17)8-13(18)16-9-11(4-2)14(19)20/h6-7,10-12H,3-5,8-9H2,1-2H3,(H,16,18)(H,19,20). The van der Waals surface area contributed by atoms with E-state index >= 15 is 0 Å². The van der Waals surface area contributed by atoms with Gasteiger partial charge in [0.25, 0.3) is 0 Å². The fraction of sp³-hybridized carbons (Fsp3) is 0.643. The molecule has 6 heteroatoms. The van der Waals surface area contributed by atoms with Gasteiger partial charge in [0.2, 0.25) is 5.91 Å². The van der Waals surface area contributed by atoms with Crippen molar-refractivity contribution in [2.24, 2.45) is 5.92 Å². The van der Waals surface area contributed by atoms with Gasteiger partial charge in [-0.05, 0) is 12.8 Å². The number of carboxylic acids is 1. The zero-order valence-electron chi connectivity index (χ0n) is 12.1. The first kappa shape index (κ1) is 16.2. The van der Waals surface area contributed by atoms with Crippen LogP contribution in [0, 0.1) is 5.92 Å². The second-order valence-corrected chi connectivity index (χ2v) is 4.90. The molecule has 0 saturated heterocycles. The average molecular weight is 281 g/mol. The van der Waals surface area contributed by atoms with E-state index in [1.807, 2.05) is 10.8 Å². The summed E-state index contributed by atoms with van der Waals surface area (Å²) in [4.78, 5) is 26.8. The van der Waals surface area contributed by atoms with Gasteiger partial charge in [0.05, 0.1) is 12.2 Å². The number of carbonyl (C=O) groups excluding carboxylic acids is 1. The highest BCUT2D eigenvalue weighted by Crippen LogP contribution is 2.17. The van der Waals surface area contributed by atoms with Crippen molar-refractivity contribution in [3.8, 4) is 0 Å². The first-order valence-electron chi connectivity index (χ1n) is 7.05. The molecule has 0 radical (unpaired) electrons. The van der Waals surface area contributed by atoms with Crippen molar-refractivity contribution in [1.82, 2.24) is 14.9 Å². The van der Waals surface area contributed by atoms with Crippen molar-refractivity contribution in [2.75, 3.05) is 6.54 Å². The van der Waals surface area contributed by atoms with E-state index in [1.165, 1.54) is 0 Å². The second kappa shape index (κ2) is 8.35. The van der Waals surface area contributed by atoms with Gasteiger partial charge < -0.3 is 15.0 Å². The average Bonchev–Trinajstić information content (AvgIpc) is 2.92. The van der Waals surface area contributed by atoms with E-state index in [0.29, 0.717) is 12.8 Å². The van der Waals surface area contributed by atoms with Gasteiger partial charge in [0, 0.05) is 31.4 Å². The van der Waals surface area contributed by atoms with E-state index in [9.17, 15) is 9.59 Å². The molecule has 1 heterocycles. The Morgan fingerprint density at radius 2 is 2.15 bits per heavy atom. The number of carboxylic acid groups (broad SMARTS) is 1. The zero-order valence-corrected chi connectivity index (χ0v) is 12.1. The summed E-state index contributed by atoms with van der Waals surface area (Å²) in [5.74, 6) is -1.50. The molecular formula is C14H23N3O3. The van der Waals surface area contributed by atoms with Gasteiger partial charge in [-0.25, -0.2) is 4.98 Å². The molecule has 2 N–H and O–H groups in total. The van der Waals surface area contributed by atoms with Gasteiger partial charge >= 0.3 is 5.97 Å². The normalized spacial score (nSPS) is 13.7. The predicted molar refractivity (Wildman–Crippen MR) is 75.2 cm³/mol. The molecule has 1 aromatic heterocycles. The van der Waals surface area contributed by atoms with Crippen LogP contribution in [0.2, 0.25) is 0 Å². The lowest BCUT2D eigenvalue weighted by Gasteiger charge is -2.18. The maximum Gasteiger partial charge on any atom is 0.308 e. The van der Waals surface area contributed by atoms with Gasteiger partial charge in [-0.15, -0.1) is 0 Å². The lowest BCUT2D eigenvalue weighted by atomic mass is 10.1. The molecule has 0 aliphatic heterocycles. The van der Waals surface area contributed by atoms with Gasteiger partial charge in [0.1, 0.15) is 0 Å². The van der Waals surface area contributed by atoms with Crippen molar-refractivity contribution in [2.45, 2.75) is 45.6 Å². The Morgan fingerprint density at radius 3 is 2.65 bits per heavy atom. The van der Waals surface area contributed by atoms with Crippen LogP contribution in [0.3, 0.4) is 0 Å². The smallest absolute Gasteiger partial charge is 0.308 e. The molecule has 0 fully saturated rings. The van der Waals surface area contributed by atoms with Crippen LogP contribution in [0.4, 0.5) is 0 Å². The quantitative estimate of drug-likeness (QED) is 0.723. The zero-order chi connectivity index (χ0) is 15.0. The molecular weight excluding hydrogens is 258 g/mol. The van der Waals surface area contributed by atoms with Crippen molar-refractivity contribution >= 4 is 11.9 Å². The van der Waals surface area contributed by atoms with E-state index in [-0.39, 0.29) is 18.5 Å². The number of aliphatic carboxylic acids is 1. The number of nitrogens with one attached hydrogen (secondary N) is 1. The number of hydrogen-bond donors (Lipinski definition) is 2. The second-order valence-electron chi connectivity index (χ2n) is 4.90. The molecule has 1 aromatic rings. The summed E-state index contributed by atoms with van der Waals surface area (Å²) in [7, 11) is 0. The Hall–Kier alpha value is -1.85. The Bertz CT molecular complexity index is 417. The SMILES string of the molecule is CCCC(CC(=O)NCC(CC)C(=O)O)n1ccnc1. The molecule has 0 bridgehead atoms. The van der Waals surface area contributed by atoms with Crippen LogP contribution in [-0.4, -0.2) is 33.1 Å². The van der Waals surface area contributed by atoms with Crippen LogP contribution in [-0.2, 0) is 9.59 Å². The van der Waals surface area contributed by atoms with Crippen molar-refractivity contribution in [1.29, 1.82) is 0 Å². The number of nitrogens with zero attached hydrogens (tertiary/aromatic N) is 2. The van der Waals surface area contributed by atoms with Gasteiger partial charge in [0.15, 0.2) is 0 Å². The minimum Gasteiger partial charge on any atom is -0.481 e. The highest BCUT2D eigenvalue weighted by molar-refractivity contribution is 5.77. The maximum atomic E-state index is 11.9. The lowest BCUT2D eigenvalue weighted by molar-refractivity contribution is -0.141. The van der Waals surface area contributed by atoms with E-state index in [1.54, 1.807) is 19.4 Å². The lowest BCUT2D eigenvalue weighted by Crippen LogP contribution is -2.33. The third kappa shape index (κ3) is 5.03. The largest absolute Gasteiger partial charge is 0.481 e. The van der Waals surface area contributed by atoms with Crippen LogP contribution in [0.5, 0.6) is 0 Å². The first-order valence-corrected chi connectivity index (χ1v) is 7.05. The Morgan fingerprint density at radius 1 is 1.40 bits per heavy atom. The number of imidazole rings is 1. The molecule has 1 rings (SSSR count). The summed E-state index contributed by atoms with van der Waals surface area (Å²) >= 11 is 0. The predicted octanol–water partition coefficient (Wildman–Crippen LogP) is 1.84. The molecule has 112 valence electrons. The number of amides is 1. The summed E-state index contributed by atoms with van der Waals surface area (Å²) in [5, 5.41) is 11.7. The van der Waals surface area contributed by atoms with Crippen molar-refractivity contribution < 1.29 is 14.7 Å². The molecule has 2 unspecified atom stereocenters. The minimum absolute atomic E-state index is 0.0763. The molecule has 0 spiro atoms. The van der Waals surface area contributed by atoms with Gasteiger partial charge in [-0.2, -0.15) is 0 Å². The van der Waals surface area contributed by atoms with Crippen LogP contribution in [0.1, 0.15) is 45.6 Å². The number of aromatic nitrogens is 2. The summed E-state index contributed by atoms with van der Waals surface area (Å²) in [6.07, 6.45) is 7.97. The summed E-state index contributed by atoms with van der Waals surface area (Å²) in [6, 6.07) is 0.0763. The van der Waals surface area contributed by atoms with Gasteiger partial charge in [-0.1, -0.05) is 20.3 Å². The first-order chi connectivity index (χ1) is 9.58. The summed E-state index contributed by atoms with van der Waals surface area (Å²) < 4.78 is 1.93. The molecule has 0 aliphatic rings. The fourth-order valence-corrected chi connectivity index (χ4v) is 2.10. The molecule has 1 amide bonds. The van der Waals surface area contributed by atoms with Crippen molar-refractivity contribution in [3.63, 3.8) is 0 Å². The van der Waals surface area contributed by atoms with E-state index in [0.717, 1.165) is 12.8 Å². The molecule has 0 aliphatic carbocycles. The third-order valence-electron chi connectivity index (χ3n) is 3.38. The fourth-order valence-electron chi connectivity index (χ4n) is 2.10. The van der Waals surface area contributed by atoms with E-state index in [2.05, 4.69) is 17.2 Å². The van der Waals surface area contributed by atoms with E-state index < -0.39 is 11.9 Å². The Balaban J connectivity index is 2.48. The van der Waals surface area contributed by atoms with Crippen LogP contribution in [0.15, 0.2) is 18.7 Å². The molecule has 6 nitrogen and oxygen atoms in total. The summed E-state index contributed by atoms with van der Waals surface area (Å²) in [5.41, 5.74) is 0. The molecule has 0 aromatic carbocycles. The topological polar surface area (TPSA) is 84.2 Å². The number of rotatable bonds is 9. The van der Waals surface area contributed by atoms with Crippen LogP contribution >= 0.6 is 0 Å². The van der Waals surface area contributed by atoms with Gasteiger partial charge in [-0.3, -0.25) is 9.59 Å².